The molecular weight excluding hydrogens is 476 g/mol. The fourth-order valence-corrected chi connectivity index (χ4v) is 3.81. The number of hydrogen-bond donors (Lipinski definition) is 0. The molecule has 0 radical (unpaired) electrons. The average molecular weight is 503 g/mol. The maximum absolute atomic E-state index is 13.4. The van der Waals surface area contributed by atoms with Crippen molar-refractivity contribution in [1.29, 1.82) is 0 Å². The number of nitro groups is 1. The number of carbonyl (C=O) groups excluding carboxylic acids is 2. The molecule has 3 rings (SSSR count). The minimum atomic E-state index is -0.587. The molecule has 10 nitrogen and oxygen atoms in total. The van der Waals surface area contributed by atoms with Crippen molar-refractivity contribution in [3.05, 3.63) is 87.1 Å². The first-order valence-electron chi connectivity index (χ1n) is 10.9. The van der Waals surface area contributed by atoms with Gasteiger partial charge < -0.3 is 23.5 Å². The second-order valence-corrected chi connectivity index (χ2v) is 8.34. The SMILES string of the molecule is COCCCN(CC(=O)N(Cc1ccco1)Cc1cccn1C)C(=O)c1ccc([N+](=O)[O-])cc1Cl. The fourth-order valence-electron chi connectivity index (χ4n) is 3.56. The number of aryl methyl sites for hydroxylation is 1. The van der Waals surface area contributed by atoms with E-state index in [2.05, 4.69) is 0 Å². The minimum absolute atomic E-state index is 0.0513. The second-order valence-electron chi connectivity index (χ2n) is 7.93. The number of nitro benzene ring substituents is 1. The third-order valence-electron chi connectivity index (χ3n) is 5.47. The van der Waals surface area contributed by atoms with E-state index < -0.39 is 10.8 Å². The van der Waals surface area contributed by atoms with Crippen LogP contribution < -0.4 is 0 Å². The smallest absolute Gasteiger partial charge is 0.270 e. The summed E-state index contributed by atoms with van der Waals surface area (Å²) in [4.78, 5) is 40.2. The van der Waals surface area contributed by atoms with Crippen LogP contribution in [0.4, 0.5) is 5.69 Å². The summed E-state index contributed by atoms with van der Waals surface area (Å²) in [5.74, 6) is -0.166. The highest BCUT2D eigenvalue weighted by Gasteiger charge is 2.25. The lowest BCUT2D eigenvalue weighted by Gasteiger charge is -2.28. The number of ether oxygens (including phenoxy) is 1. The first kappa shape index (κ1) is 26.0. The Morgan fingerprint density at radius 2 is 1.97 bits per heavy atom. The van der Waals surface area contributed by atoms with E-state index in [0.717, 1.165) is 11.8 Å². The molecule has 2 amide bonds. The quantitative estimate of drug-likeness (QED) is 0.211. The Hall–Kier alpha value is -3.63. The average Bonchev–Trinajstić information content (AvgIpc) is 3.49. The number of non-ortho nitro benzene ring substituents is 1. The van der Waals surface area contributed by atoms with Gasteiger partial charge in [-0.25, -0.2) is 0 Å². The van der Waals surface area contributed by atoms with E-state index in [0.29, 0.717) is 25.3 Å². The van der Waals surface area contributed by atoms with Gasteiger partial charge in [-0.1, -0.05) is 11.6 Å². The summed E-state index contributed by atoms with van der Waals surface area (Å²) in [6, 6.07) is 11.0. The number of hydrogen-bond acceptors (Lipinski definition) is 6. The van der Waals surface area contributed by atoms with E-state index in [9.17, 15) is 19.7 Å². The van der Waals surface area contributed by atoms with Gasteiger partial charge in [0.05, 0.1) is 34.9 Å². The summed E-state index contributed by atoms with van der Waals surface area (Å²) in [5, 5.41) is 11.0. The highest BCUT2D eigenvalue weighted by molar-refractivity contribution is 6.34. The van der Waals surface area contributed by atoms with Gasteiger partial charge in [0.25, 0.3) is 11.6 Å². The van der Waals surface area contributed by atoms with Crippen molar-refractivity contribution in [3.8, 4) is 0 Å². The Morgan fingerprint density at radius 1 is 1.17 bits per heavy atom. The molecule has 11 heteroatoms. The highest BCUT2D eigenvalue weighted by Crippen LogP contribution is 2.24. The Labute approximate surface area is 207 Å². The number of benzene rings is 1. The summed E-state index contributed by atoms with van der Waals surface area (Å²) in [7, 11) is 3.44. The second kappa shape index (κ2) is 12.2. The van der Waals surface area contributed by atoms with Crippen molar-refractivity contribution in [2.24, 2.45) is 7.05 Å². The molecule has 3 aromatic rings. The van der Waals surface area contributed by atoms with Crippen LogP contribution in [0.2, 0.25) is 5.02 Å². The Kier molecular flexibility index (Phi) is 9.04. The van der Waals surface area contributed by atoms with Gasteiger partial charge in [-0.3, -0.25) is 19.7 Å². The molecule has 2 heterocycles. The fraction of sp³-hybridized carbons (Fsp3) is 0.333. The van der Waals surface area contributed by atoms with Crippen LogP contribution in [0.3, 0.4) is 0 Å². The van der Waals surface area contributed by atoms with Crippen molar-refractivity contribution in [2.45, 2.75) is 19.5 Å². The Bertz CT molecular complexity index is 1160. The van der Waals surface area contributed by atoms with Crippen LogP contribution in [0.25, 0.3) is 0 Å². The van der Waals surface area contributed by atoms with Crippen molar-refractivity contribution < 1.29 is 23.7 Å². The lowest BCUT2D eigenvalue weighted by molar-refractivity contribution is -0.384. The van der Waals surface area contributed by atoms with E-state index in [4.69, 9.17) is 20.8 Å². The molecule has 186 valence electrons. The molecule has 1 aromatic carbocycles. The molecule has 0 aliphatic heterocycles. The number of halogens is 1. The molecule has 0 N–H and O–H groups in total. The van der Waals surface area contributed by atoms with E-state index in [1.807, 2.05) is 29.9 Å². The zero-order valence-corrected chi connectivity index (χ0v) is 20.3. The molecule has 0 aliphatic carbocycles. The molecule has 0 bridgehead atoms. The summed E-state index contributed by atoms with van der Waals surface area (Å²) in [5.41, 5.74) is 0.781. The van der Waals surface area contributed by atoms with Gasteiger partial charge in [-0.2, -0.15) is 0 Å². The number of amides is 2. The van der Waals surface area contributed by atoms with Gasteiger partial charge in [0, 0.05) is 51.3 Å². The monoisotopic (exact) mass is 502 g/mol. The largest absolute Gasteiger partial charge is 0.467 e. The van der Waals surface area contributed by atoms with Crippen molar-refractivity contribution in [2.75, 3.05) is 26.8 Å². The zero-order chi connectivity index (χ0) is 25.4. The predicted octanol–water partition coefficient (Wildman–Crippen LogP) is 3.89. The third kappa shape index (κ3) is 6.93. The number of aromatic nitrogens is 1. The normalized spacial score (nSPS) is 10.8. The summed E-state index contributed by atoms with van der Waals surface area (Å²) in [6.45, 7) is 0.980. The van der Waals surface area contributed by atoms with Crippen LogP contribution in [0.5, 0.6) is 0 Å². The summed E-state index contributed by atoms with van der Waals surface area (Å²) in [6.07, 6.45) is 3.93. The molecule has 0 spiro atoms. The van der Waals surface area contributed by atoms with Crippen LogP contribution in [0, 0.1) is 10.1 Å². The van der Waals surface area contributed by atoms with Gasteiger partial charge >= 0.3 is 0 Å². The predicted molar refractivity (Wildman–Crippen MR) is 129 cm³/mol. The maximum Gasteiger partial charge on any atom is 0.270 e. The van der Waals surface area contributed by atoms with E-state index in [1.54, 1.807) is 24.1 Å². The van der Waals surface area contributed by atoms with Crippen LogP contribution in [0.1, 0.15) is 28.2 Å². The molecule has 2 aromatic heterocycles. The van der Waals surface area contributed by atoms with Crippen LogP contribution in [0.15, 0.2) is 59.3 Å². The molecule has 0 saturated carbocycles. The Balaban J connectivity index is 1.83. The highest BCUT2D eigenvalue weighted by atomic mass is 35.5. The standard InChI is InChI=1S/C24H27ClN4O6/c1-26-10-3-6-19(26)15-28(16-20-7-4-13-35-20)23(30)17-27(11-5-12-34-2)24(31)21-9-8-18(29(32)33)14-22(21)25/h3-4,6-10,13-14H,5,11-12,15-17H2,1-2H3. The number of carbonyl (C=O) groups is 2. The van der Waals surface area contributed by atoms with Crippen LogP contribution in [-0.2, 0) is 29.7 Å². The maximum atomic E-state index is 13.4. The van der Waals surface area contributed by atoms with Crippen molar-refractivity contribution >= 4 is 29.1 Å². The van der Waals surface area contributed by atoms with Crippen molar-refractivity contribution in [1.82, 2.24) is 14.4 Å². The van der Waals surface area contributed by atoms with Crippen LogP contribution in [-0.4, -0.2) is 57.9 Å². The number of methoxy groups -OCH3 is 1. The Morgan fingerprint density at radius 3 is 2.57 bits per heavy atom. The number of furan rings is 1. The lowest BCUT2D eigenvalue weighted by atomic mass is 10.1. The molecule has 0 aliphatic rings. The van der Waals surface area contributed by atoms with Crippen LogP contribution >= 0.6 is 11.6 Å². The molecule has 35 heavy (non-hydrogen) atoms. The van der Waals surface area contributed by atoms with Gasteiger partial charge in [0.1, 0.15) is 12.3 Å². The van der Waals surface area contributed by atoms with E-state index in [1.165, 1.54) is 23.3 Å². The number of rotatable bonds is 12. The zero-order valence-electron chi connectivity index (χ0n) is 19.6. The van der Waals surface area contributed by atoms with E-state index >= 15 is 0 Å². The van der Waals surface area contributed by atoms with E-state index in [-0.39, 0.29) is 41.8 Å². The first-order chi connectivity index (χ1) is 16.8. The summed E-state index contributed by atoms with van der Waals surface area (Å²) >= 11 is 6.19. The third-order valence-corrected chi connectivity index (χ3v) is 5.78. The van der Waals surface area contributed by atoms with Crippen molar-refractivity contribution in [3.63, 3.8) is 0 Å². The van der Waals surface area contributed by atoms with Gasteiger partial charge in [0.2, 0.25) is 5.91 Å². The number of nitrogens with zero attached hydrogens (tertiary/aromatic N) is 4. The molecule has 0 unspecified atom stereocenters. The lowest BCUT2D eigenvalue weighted by Crippen LogP contribution is -2.43. The molecule has 0 fully saturated rings. The van der Waals surface area contributed by atoms with Gasteiger partial charge in [-0.05, 0) is 36.8 Å². The van der Waals surface area contributed by atoms with Gasteiger partial charge in [0.15, 0.2) is 0 Å². The minimum Gasteiger partial charge on any atom is -0.467 e. The summed E-state index contributed by atoms with van der Waals surface area (Å²) < 4.78 is 12.5. The topological polar surface area (TPSA) is 111 Å². The first-order valence-corrected chi connectivity index (χ1v) is 11.3. The molecular formula is C24H27ClN4O6. The molecule has 0 saturated heterocycles. The van der Waals surface area contributed by atoms with Gasteiger partial charge in [-0.15, -0.1) is 0 Å². The molecule has 0 atom stereocenters.